The Morgan fingerprint density at radius 1 is 1.28 bits per heavy atom. The van der Waals surface area contributed by atoms with Crippen LogP contribution >= 0.6 is 23.1 Å². The highest BCUT2D eigenvalue weighted by atomic mass is 32.2. The number of hydrogen-bond donors (Lipinski definition) is 1. The van der Waals surface area contributed by atoms with Gasteiger partial charge >= 0.3 is 0 Å². The van der Waals surface area contributed by atoms with E-state index in [1.165, 1.54) is 11.8 Å². The molecule has 1 aliphatic heterocycles. The lowest BCUT2D eigenvalue weighted by atomic mass is 10.3. The lowest BCUT2D eigenvalue weighted by Crippen LogP contribution is -2.47. The second kappa shape index (κ2) is 8.16. The normalized spacial score (nSPS) is 15.5. The molecule has 0 aliphatic carbocycles. The monoisotopic (exact) mass is 378 g/mol. The SMILES string of the molecule is CCC(=O)Nc1ccc2nc(SCC(=O)N3CCN(C)CC3)sc2c1. The number of nitrogens with one attached hydrogen (secondary N) is 1. The fraction of sp³-hybridized carbons (Fsp3) is 0.471. The highest BCUT2D eigenvalue weighted by molar-refractivity contribution is 8.01. The van der Waals surface area contributed by atoms with Crippen LogP contribution in [-0.4, -0.2) is 65.6 Å². The lowest BCUT2D eigenvalue weighted by Gasteiger charge is -2.32. The maximum absolute atomic E-state index is 12.3. The van der Waals surface area contributed by atoms with E-state index in [1.807, 2.05) is 30.0 Å². The average Bonchev–Trinajstić information content (AvgIpc) is 3.02. The second-order valence-electron chi connectivity index (χ2n) is 6.04. The topological polar surface area (TPSA) is 65.5 Å². The molecule has 1 saturated heterocycles. The van der Waals surface area contributed by atoms with Crippen LogP contribution in [0.4, 0.5) is 5.69 Å². The van der Waals surface area contributed by atoms with Crippen LogP contribution in [0.15, 0.2) is 22.5 Å². The summed E-state index contributed by atoms with van der Waals surface area (Å²) in [5.41, 5.74) is 1.68. The van der Waals surface area contributed by atoms with Gasteiger partial charge in [-0.15, -0.1) is 11.3 Å². The fourth-order valence-electron chi connectivity index (χ4n) is 2.56. The molecule has 1 aliphatic rings. The van der Waals surface area contributed by atoms with E-state index in [0.29, 0.717) is 12.2 Å². The molecule has 1 aromatic heterocycles. The first-order valence-corrected chi connectivity index (χ1v) is 10.1. The first kappa shape index (κ1) is 18.2. The van der Waals surface area contributed by atoms with Crippen molar-refractivity contribution >= 4 is 50.8 Å². The minimum absolute atomic E-state index is 0.00348. The summed E-state index contributed by atoms with van der Waals surface area (Å²) in [5.74, 6) is 0.590. The van der Waals surface area contributed by atoms with Crippen molar-refractivity contribution < 1.29 is 9.59 Å². The minimum atomic E-state index is -0.00348. The molecule has 2 aromatic rings. The molecular weight excluding hydrogens is 356 g/mol. The summed E-state index contributed by atoms with van der Waals surface area (Å²) in [6, 6.07) is 5.70. The average molecular weight is 379 g/mol. The Morgan fingerprint density at radius 3 is 2.76 bits per heavy atom. The van der Waals surface area contributed by atoms with Gasteiger partial charge in [0, 0.05) is 38.3 Å². The second-order valence-corrected chi connectivity index (χ2v) is 8.29. The third-order valence-corrected chi connectivity index (χ3v) is 6.29. The van der Waals surface area contributed by atoms with Gasteiger partial charge in [0.1, 0.15) is 0 Å². The zero-order valence-corrected chi connectivity index (χ0v) is 16.1. The van der Waals surface area contributed by atoms with Crippen LogP contribution in [0.5, 0.6) is 0 Å². The molecule has 0 unspecified atom stereocenters. The van der Waals surface area contributed by atoms with Gasteiger partial charge in [-0.2, -0.15) is 0 Å². The number of fused-ring (bicyclic) bond motifs is 1. The molecule has 3 rings (SSSR count). The quantitative estimate of drug-likeness (QED) is 0.810. The largest absolute Gasteiger partial charge is 0.339 e. The van der Waals surface area contributed by atoms with Crippen molar-refractivity contribution in [2.75, 3.05) is 44.3 Å². The summed E-state index contributed by atoms with van der Waals surface area (Å²) >= 11 is 3.04. The summed E-state index contributed by atoms with van der Waals surface area (Å²) in [5, 5.41) is 2.86. The maximum atomic E-state index is 12.3. The van der Waals surface area contributed by atoms with Crippen molar-refractivity contribution in [3.05, 3.63) is 18.2 Å². The molecule has 8 heteroatoms. The molecule has 1 N–H and O–H groups in total. The van der Waals surface area contributed by atoms with Gasteiger partial charge in [-0.1, -0.05) is 18.7 Å². The minimum Gasteiger partial charge on any atom is -0.339 e. The lowest BCUT2D eigenvalue weighted by molar-refractivity contribution is -0.129. The van der Waals surface area contributed by atoms with E-state index in [1.54, 1.807) is 11.3 Å². The fourth-order valence-corrected chi connectivity index (χ4v) is 4.57. The van der Waals surface area contributed by atoms with E-state index >= 15 is 0 Å². The highest BCUT2D eigenvalue weighted by Gasteiger charge is 2.19. The van der Waals surface area contributed by atoms with E-state index in [-0.39, 0.29) is 11.8 Å². The molecule has 1 aromatic carbocycles. The number of aromatic nitrogens is 1. The number of amides is 2. The maximum Gasteiger partial charge on any atom is 0.233 e. The number of rotatable bonds is 5. The van der Waals surface area contributed by atoms with Crippen LogP contribution in [0.25, 0.3) is 10.2 Å². The van der Waals surface area contributed by atoms with E-state index in [4.69, 9.17) is 0 Å². The molecule has 0 saturated carbocycles. The number of carbonyl (C=O) groups is 2. The Labute approximate surface area is 155 Å². The Bertz CT molecular complexity index is 769. The Morgan fingerprint density at radius 2 is 2.04 bits per heavy atom. The third-order valence-electron chi connectivity index (χ3n) is 4.15. The molecule has 2 amide bonds. The summed E-state index contributed by atoms with van der Waals surface area (Å²) in [7, 11) is 2.08. The van der Waals surface area contributed by atoms with Gasteiger partial charge in [0.25, 0.3) is 0 Å². The van der Waals surface area contributed by atoms with Crippen LogP contribution in [0.2, 0.25) is 0 Å². The van der Waals surface area contributed by atoms with E-state index in [9.17, 15) is 9.59 Å². The number of nitrogens with zero attached hydrogens (tertiary/aromatic N) is 3. The van der Waals surface area contributed by atoms with Gasteiger partial charge in [0.05, 0.1) is 16.0 Å². The van der Waals surface area contributed by atoms with E-state index in [2.05, 4.69) is 22.2 Å². The Balaban J connectivity index is 1.60. The summed E-state index contributed by atoms with van der Waals surface area (Å²) < 4.78 is 1.90. The van der Waals surface area contributed by atoms with Crippen LogP contribution in [-0.2, 0) is 9.59 Å². The number of hydrogen-bond acceptors (Lipinski definition) is 6. The molecule has 2 heterocycles. The Hall–Kier alpha value is -1.64. The van der Waals surface area contributed by atoms with Gasteiger partial charge in [-0.25, -0.2) is 4.98 Å². The Kier molecular flexibility index (Phi) is 5.93. The van der Waals surface area contributed by atoms with E-state index in [0.717, 1.165) is 46.4 Å². The first-order valence-electron chi connectivity index (χ1n) is 8.34. The number of carbonyl (C=O) groups excluding carboxylic acids is 2. The molecule has 0 bridgehead atoms. The van der Waals surface area contributed by atoms with Crippen LogP contribution in [0.3, 0.4) is 0 Å². The number of thioether (sulfide) groups is 1. The molecular formula is C17H22N4O2S2. The van der Waals surface area contributed by atoms with Crippen LogP contribution < -0.4 is 5.32 Å². The van der Waals surface area contributed by atoms with Crippen molar-refractivity contribution in [2.24, 2.45) is 0 Å². The zero-order valence-electron chi connectivity index (χ0n) is 14.4. The highest BCUT2D eigenvalue weighted by Crippen LogP contribution is 2.31. The molecule has 134 valence electrons. The number of anilines is 1. The summed E-state index contributed by atoms with van der Waals surface area (Å²) in [4.78, 5) is 32.6. The van der Waals surface area contributed by atoms with Gasteiger partial charge in [0.15, 0.2) is 4.34 Å². The molecule has 1 fully saturated rings. The van der Waals surface area contributed by atoms with Crippen LogP contribution in [0, 0.1) is 0 Å². The number of likely N-dealkylation sites (N-methyl/N-ethyl adjacent to an activating group) is 1. The third kappa shape index (κ3) is 4.71. The predicted octanol–water partition coefficient (Wildman–Crippen LogP) is 2.51. The van der Waals surface area contributed by atoms with Gasteiger partial charge < -0.3 is 15.1 Å². The smallest absolute Gasteiger partial charge is 0.233 e. The van der Waals surface area contributed by atoms with Crippen LogP contribution in [0.1, 0.15) is 13.3 Å². The van der Waals surface area contributed by atoms with Crippen molar-refractivity contribution in [1.29, 1.82) is 0 Å². The van der Waals surface area contributed by atoms with Crippen molar-refractivity contribution in [3.8, 4) is 0 Å². The standard InChI is InChI=1S/C17H22N4O2S2/c1-3-15(22)18-12-4-5-13-14(10-12)25-17(19-13)24-11-16(23)21-8-6-20(2)7-9-21/h4-5,10H,3,6-9,11H2,1-2H3,(H,18,22). The van der Waals surface area contributed by atoms with Gasteiger partial charge in [0.2, 0.25) is 11.8 Å². The first-order chi connectivity index (χ1) is 12.0. The molecule has 0 atom stereocenters. The molecule has 0 radical (unpaired) electrons. The van der Waals surface area contributed by atoms with Crippen molar-refractivity contribution in [3.63, 3.8) is 0 Å². The molecule has 25 heavy (non-hydrogen) atoms. The van der Waals surface area contributed by atoms with Gasteiger partial charge in [-0.3, -0.25) is 9.59 Å². The van der Waals surface area contributed by atoms with E-state index < -0.39 is 0 Å². The molecule has 6 nitrogen and oxygen atoms in total. The summed E-state index contributed by atoms with van der Waals surface area (Å²) in [6.07, 6.45) is 0.455. The number of benzene rings is 1. The summed E-state index contributed by atoms with van der Waals surface area (Å²) in [6.45, 7) is 5.30. The van der Waals surface area contributed by atoms with Crippen molar-refractivity contribution in [2.45, 2.75) is 17.7 Å². The predicted molar refractivity (Wildman–Crippen MR) is 103 cm³/mol. The number of thiazole rings is 1. The molecule has 0 spiro atoms. The van der Waals surface area contributed by atoms with Crippen molar-refractivity contribution in [1.82, 2.24) is 14.8 Å². The van der Waals surface area contributed by atoms with Gasteiger partial charge in [-0.05, 0) is 25.2 Å². The zero-order chi connectivity index (χ0) is 17.8. The number of piperazine rings is 1.